The fourth-order valence-electron chi connectivity index (χ4n) is 1.51. The van der Waals surface area contributed by atoms with Gasteiger partial charge >= 0.3 is 0 Å². The topological polar surface area (TPSA) is 36.0 Å². The van der Waals surface area contributed by atoms with Crippen molar-refractivity contribution in [3.05, 3.63) is 34.9 Å². The van der Waals surface area contributed by atoms with Crippen LogP contribution in [0.25, 0.3) is 17.0 Å². The third-order valence-electron chi connectivity index (χ3n) is 2.11. The number of nitrogens with one attached hydrogen (secondary N) is 1. The summed E-state index contributed by atoms with van der Waals surface area (Å²) in [5.74, 6) is 0.181. The number of aromatic amines is 1. The smallest absolute Gasteiger partial charge is 0.196 e. The van der Waals surface area contributed by atoms with Crippen LogP contribution in [-0.2, 0) is 0 Å². The third kappa shape index (κ3) is 1.38. The zero-order valence-electron chi connectivity index (χ0n) is 7.71. The van der Waals surface area contributed by atoms with Gasteiger partial charge in [-0.05, 0) is 19.1 Å². The van der Waals surface area contributed by atoms with E-state index in [1.165, 1.54) is 0 Å². The van der Waals surface area contributed by atoms with Crippen molar-refractivity contribution in [3.63, 3.8) is 0 Å². The van der Waals surface area contributed by atoms with Crippen LogP contribution < -0.4 is 0 Å². The average molecular weight is 208 g/mol. The Morgan fingerprint density at radius 1 is 1.43 bits per heavy atom. The standard InChI is InChI=1S/C11H10ClNO/c1-2-3-9-8-5-4-7(12)6-10(8)13-11(9)14/h2-6,13-14H,1H3. The second-order valence-electron chi connectivity index (χ2n) is 3.08. The fourth-order valence-corrected chi connectivity index (χ4v) is 1.68. The van der Waals surface area contributed by atoms with E-state index in [9.17, 15) is 5.11 Å². The Hall–Kier alpha value is -1.41. The van der Waals surface area contributed by atoms with Crippen molar-refractivity contribution in [3.8, 4) is 5.88 Å². The highest BCUT2D eigenvalue weighted by atomic mass is 35.5. The lowest BCUT2D eigenvalue weighted by atomic mass is 10.1. The first kappa shape index (κ1) is 9.16. The molecule has 2 nitrogen and oxygen atoms in total. The number of allylic oxidation sites excluding steroid dienone is 1. The molecule has 0 spiro atoms. The van der Waals surface area contributed by atoms with Gasteiger partial charge in [0.05, 0.1) is 5.52 Å². The van der Waals surface area contributed by atoms with Gasteiger partial charge in [0.25, 0.3) is 0 Å². The number of rotatable bonds is 1. The summed E-state index contributed by atoms with van der Waals surface area (Å²) in [7, 11) is 0. The number of halogens is 1. The molecule has 0 aliphatic heterocycles. The molecular weight excluding hydrogens is 198 g/mol. The summed E-state index contributed by atoms with van der Waals surface area (Å²) < 4.78 is 0. The Morgan fingerprint density at radius 3 is 2.93 bits per heavy atom. The molecule has 0 amide bonds. The van der Waals surface area contributed by atoms with Gasteiger partial charge in [-0.2, -0.15) is 0 Å². The maximum Gasteiger partial charge on any atom is 0.196 e. The summed E-state index contributed by atoms with van der Waals surface area (Å²) in [6, 6.07) is 5.50. The summed E-state index contributed by atoms with van der Waals surface area (Å²) in [6.07, 6.45) is 3.75. The van der Waals surface area contributed by atoms with Gasteiger partial charge in [-0.15, -0.1) is 0 Å². The molecule has 2 rings (SSSR count). The molecule has 0 radical (unpaired) electrons. The third-order valence-corrected chi connectivity index (χ3v) is 2.35. The summed E-state index contributed by atoms with van der Waals surface area (Å²) >= 11 is 5.84. The van der Waals surface area contributed by atoms with Crippen molar-refractivity contribution in [2.75, 3.05) is 0 Å². The molecule has 1 aromatic heterocycles. The van der Waals surface area contributed by atoms with E-state index < -0.39 is 0 Å². The van der Waals surface area contributed by atoms with Crippen LogP contribution in [0.5, 0.6) is 5.88 Å². The molecule has 0 aliphatic rings. The highest BCUT2D eigenvalue weighted by Crippen LogP contribution is 2.29. The van der Waals surface area contributed by atoms with Crippen molar-refractivity contribution in [2.45, 2.75) is 6.92 Å². The molecular formula is C11H10ClNO. The minimum absolute atomic E-state index is 0.181. The Labute approximate surface area is 86.8 Å². The molecule has 0 saturated carbocycles. The monoisotopic (exact) mass is 207 g/mol. The first-order chi connectivity index (χ1) is 6.72. The summed E-state index contributed by atoms with van der Waals surface area (Å²) in [5, 5.41) is 11.2. The number of hydrogen-bond acceptors (Lipinski definition) is 1. The van der Waals surface area contributed by atoms with E-state index in [-0.39, 0.29) is 5.88 Å². The molecule has 1 aromatic carbocycles. The van der Waals surface area contributed by atoms with Gasteiger partial charge in [-0.25, -0.2) is 0 Å². The lowest BCUT2D eigenvalue weighted by molar-refractivity contribution is 0.457. The van der Waals surface area contributed by atoms with Gasteiger partial charge in [-0.1, -0.05) is 29.8 Å². The Morgan fingerprint density at radius 2 is 2.21 bits per heavy atom. The van der Waals surface area contributed by atoms with Crippen LogP contribution in [0.1, 0.15) is 12.5 Å². The van der Waals surface area contributed by atoms with E-state index in [0.29, 0.717) is 5.02 Å². The van der Waals surface area contributed by atoms with Crippen molar-refractivity contribution < 1.29 is 5.11 Å². The van der Waals surface area contributed by atoms with E-state index in [4.69, 9.17) is 11.6 Å². The van der Waals surface area contributed by atoms with Crippen LogP contribution in [0, 0.1) is 0 Å². The first-order valence-corrected chi connectivity index (χ1v) is 4.73. The van der Waals surface area contributed by atoms with Crippen molar-refractivity contribution in [1.82, 2.24) is 4.98 Å². The fraction of sp³-hybridized carbons (Fsp3) is 0.0909. The van der Waals surface area contributed by atoms with Gasteiger partial charge in [-0.3, -0.25) is 0 Å². The minimum atomic E-state index is 0.181. The predicted molar refractivity (Wildman–Crippen MR) is 59.7 cm³/mol. The van der Waals surface area contributed by atoms with Crippen LogP contribution in [0.15, 0.2) is 24.3 Å². The highest BCUT2D eigenvalue weighted by molar-refractivity contribution is 6.31. The number of aromatic nitrogens is 1. The van der Waals surface area contributed by atoms with Gasteiger partial charge in [0.2, 0.25) is 0 Å². The summed E-state index contributed by atoms with van der Waals surface area (Å²) in [4.78, 5) is 2.87. The first-order valence-electron chi connectivity index (χ1n) is 4.35. The second kappa shape index (κ2) is 3.39. The maximum atomic E-state index is 9.61. The molecule has 0 bridgehead atoms. The molecule has 0 aliphatic carbocycles. The van der Waals surface area contributed by atoms with E-state index in [0.717, 1.165) is 16.5 Å². The van der Waals surface area contributed by atoms with Gasteiger partial charge < -0.3 is 10.1 Å². The zero-order valence-corrected chi connectivity index (χ0v) is 8.47. The van der Waals surface area contributed by atoms with E-state index >= 15 is 0 Å². The number of H-pyrrole nitrogens is 1. The van der Waals surface area contributed by atoms with Crippen LogP contribution in [0.4, 0.5) is 0 Å². The normalized spacial score (nSPS) is 11.6. The molecule has 0 fully saturated rings. The molecule has 1 heterocycles. The Bertz CT molecular complexity index is 499. The number of aromatic hydroxyl groups is 1. The largest absolute Gasteiger partial charge is 0.494 e. The van der Waals surface area contributed by atoms with Crippen LogP contribution in [0.2, 0.25) is 5.02 Å². The number of fused-ring (bicyclic) bond motifs is 1. The van der Waals surface area contributed by atoms with Crippen molar-refractivity contribution >= 4 is 28.6 Å². The molecule has 0 saturated heterocycles. The van der Waals surface area contributed by atoms with Crippen LogP contribution >= 0.6 is 11.6 Å². The van der Waals surface area contributed by atoms with Crippen molar-refractivity contribution in [2.24, 2.45) is 0 Å². The molecule has 14 heavy (non-hydrogen) atoms. The summed E-state index contributed by atoms with van der Waals surface area (Å²) in [5.41, 5.74) is 1.65. The predicted octanol–water partition coefficient (Wildman–Crippen LogP) is 3.56. The molecule has 2 N–H and O–H groups in total. The molecule has 3 heteroatoms. The maximum absolute atomic E-state index is 9.61. The second-order valence-corrected chi connectivity index (χ2v) is 3.51. The lowest BCUT2D eigenvalue weighted by Gasteiger charge is -1.92. The Kier molecular flexibility index (Phi) is 2.22. The quantitative estimate of drug-likeness (QED) is 0.737. The summed E-state index contributed by atoms with van der Waals surface area (Å²) in [6.45, 7) is 1.91. The highest BCUT2D eigenvalue weighted by Gasteiger charge is 2.07. The van der Waals surface area contributed by atoms with Gasteiger partial charge in [0.15, 0.2) is 5.88 Å². The number of benzene rings is 1. The lowest BCUT2D eigenvalue weighted by Crippen LogP contribution is -1.69. The minimum Gasteiger partial charge on any atom is -0.494 e. The van der Waals surface area contributed by atoms with Gasteiger partial charge in [0.1, 0.15) is 0 Å². The molecule has 2 aromatic rings. The van der Waals surface area contributed by atoms with Crippen molar-refractivity contribution in [1.29, 1.82) is 0 Å². The number of hydrogen-bond donors (Lipinski definition) is 2. The van der Waals surface area contributed by atoms with Crippen LogP contribution in [-0.4, -0.2) is 10.1 Å². The zero-order chi connectivity index (χ0) is 10.1. The Balaban J connectivity index is 2.77. The molecule has 72 valence electrons. The molecule has 0 atom stereocenters. The van der Waals surface area contributed by atoms with E-state index in [2.05, 4.69) is 4.98 Å². The van der Waals surface area contributed by atoms with E-state index in [1.54, 1.807) is 6.07 Å². The average Bonchev–Trinajstić information content (AvgIpc) is 2.43. The van der Waals surface area contributed by atoms with E-state index in [1.807, 2.05) is 31.2 Å². The van der Waals surface area contributed by atoms with Crippen LogP contribution in [0.3, 0.4) is 0 Å². The SMILES string of the molecule is CC=Cc1c(O)[nH]c2cc(Cl)ccc12. The molecule has 0 unspecified atom stereocenters. The van der Waals surface area contributed by atoms with Gasteiger partial charge in [0, 0.05) is 16.0 Å².